The van der Waals surface area contributed by atoms with Gasteiger partial charge in [0.25, 0.3) is 0 Å². The van der Waals surface area contributed by atoms with Gasteiger partial charge >= 0.3 is 0 Å². The van der Waals surface area contributed by atoms with Crippen LogP contribution in [0.3, 0.4) is 0 Å². The summed E-state index contributed by atoms with van der Waals surface area (Å²) < 4.78 is 27.2. The topological polar surface area (TPSA) is 40.6 Å². The SMILES string of the molecule is CCc1ccc(S(=O)(=O)N2CCN(c3c(Cl)cccc3Cl)CC2)cc1. The maximum atomic E-state index is 12.8. The highest BCUT2D eigenvalue weighted by atomic mass is 35.5. The first-order valence-electron chi connectivity index (χ1n) is 8.21. The van der Waals surface area contributed by atoms with Gasteiger partial charge in [-0.15, -0.1) is 0 Å². The molecule has 1 aliphatic heterocycles. The smallest absolute Gasteiger partial charge is 0.243 e. The van der Waals surface area contributed by atoms with E-state index < -0.39 is 10.0 Å². The van der Waals surface area contributed by atoms with Crippen LogP contribution in [0.1, 0.15) is 12.5 Å². The molecule has 0 spiro atoms. The van der Waals surface area contributed by atoms with Gasteiger partial charge in [0.15, 0.2) is 0 Å². The molecule has 1 aliphatic rings. The lowest BCUT2D eigenvalue weighted by molar-refractivity contribution is 0.385. The van der Waals surface area contributed by atoms with Gasteiger partial charge in [-0.3, -0.25) is 0 Å². The Morgan fingerprint density at radius 3 is 2.00 bits per heavy atom. The molecule has 0 N–H and O–H groups in total. The van der Waals surface area contributed by atoms with Crippen LogP contribution in [0.4, 0.5) is 5.69 Å². The average molecular weight is 399 g/mol. The lowest BCUT2D eigenvalue weighted by atomic mass is 10.2. The Morgan fingerprint density at radius 2 is 1.48 bits per heavy atom. The van der Waals surface area contributed by atoms with E-state index in [0.717, 1.165) is 17.7 Å². The molecule has 0 saturated carbocycles. The van der Waals surface area contributed by atoms with Crippen LogP contribution in [-0.4, -0.2) is 38.9 Å². The second kappa shape index (κ2) is 7.54. The van der Waals surface area contributed by atoms with Crippen molar-refractivity contribution in [1.82, 2.24) is 4.31 Å². The highest BCUT2D eigenvalue weighted by Gasteiger charge is 2.29. The highest BCUT2D eigenvalue weighted by Crippen LogP contribution is 2.34. The van der Waals surface area contributed by atoms with Crippen LogP contribution in [0.25, 0.3) is 0 Å². The molecule has 0 atom stereocenters. The van der Waals surface area contributed by atoms with Gasteiger partial charge < -0.3 is 4.90 Å². The number of hydrogen-bond donors (Lipinski definition) is 0. The number of piperazine rings is 1. The van der Waals surface area contributed by atoms with Crippen molar-refractivity contribution in [2.24, 2.45) is 0 Å². The molecule has 1 fully saturated rings. The highest BCUT2D eigenvalue weighted by molar-refractivity contribution is 7.89. The zero-order chi connectivity index (χ0) is 18.0. The number of rotatable bonds is 4. The third kappa shape index (κ3) is 3.80. The summed E-state index contributed by atoms with van der Waals surface area (Å²) in [6, 6.07) is 12.5. The van der Waals surface area contributed by atoms with E-state index in [2.05, 4.69) is 0 Å². The second-order valence-corrected chi connectivity index (χ2v) is 8.71. The van der Waals surface area contributed by atoms with Gasteiger partial charge in [0, 0.05) is 26.2 Å². The first-order chi connectivity index (χ1) is 11.9. The minimum absolute atomic E-state index is 0.342. The fourth-order valence-corrected chi connectivity index (χ4v) is 5.05. The predicted molar refractivity (Wildman–Crippen MR) is 103 cm³/mol. The van der Waals surface area contributed by atoms with E-state index in [1.165, 1.54) is 4.31 Å². The Hall–Kier alpha value is -1.27. The molecule has 25 heavy (non-hydrogen) atoms. The fourth-order valence-electron chi connectivity index (χ4n) is 2.99. The summed E-state index contributed by atoms with van der Waals surface area (Å²) in [7, 11) is -3.47. The standard InChI is InChI=1S/C18H20Cl2N2O2S/c1-2-14-6-8-15(9-7-14)25(23,24)22-12-10-21(11-13-22)18-16(19)4-3-5-17(18)20/h3-9H,2,10-13H2,1H3. The lowest BCUT2D eigenvalue weighted by Crippen LogP contribution is -2.48. The third-order valence-electron chi connectivity index (χ3n) is 4.46. The van der Waals surface area contributed by atoms with Gasteiger partial charge in [0.1, 0.15) is 0 Å². The molecule has 2 aromatic rings. The van der Waals surface area contributed by atoms with Crippen molar-refractivity contribution in [2.75, 3.05) is 31.1 Å². The number of aryl methyl sites for hydroxylation is 1. The zero-order valence-corrected chi connectivity index (χ0v) is 16.3. The molecule has 0 radical (unpaired) electrons. The van der Waals surface area contributed by atoms with Gasteiger partial charge in [-0.1, -0.05) is 48.3 Å². The molecule has 1 saturated heterocycles. The quantitative estimate of drug-likeness (QED) is 0.779. The number of benzene rings is 2. The molecule has 7 heteroatoms. The number of para-hydroxylation sites is 1. The van der Waals surface area contributed by atoms with E-state index in [9.17, 15) is 8.42 Å². The van der Waals surface area contributed by atoms with E-state index in [4.69, 9.17) is 23.2 Å². The third-order valence-corrected chi connectivity index (χ3v) is 6.98. The van der Waals surface area contributed by atoms with Crippen molar-refractivity contribution in [2.45, 2.75) is 18.2 Å². The van der Waals surface area contributed by atoms with Crippen molar-refractivity contribution < 1.29 is 8.42 Å². The number of hydrogen-bond acceptors (Lipinski definition) is 3. The average Bonchev–Trinajstić information content (AvgIpc) is 2.62. The van der Waals surface area contributed by atoms with E-state index in [1.807, 2.05) is 24.0 Å². The number of sulfonamides is 1. The van der Waals surface area contributed by atoms with Crippen LogP contribution in [-0.2, 0) is 16.4 Å². The van der Waals surface area contributed by atoms with E-state index in [1.54, 1.807) is 30.3 Å². The molecule has 0 unspecified atom stereocenters. The number of anilines is 1. The normalized spacial score (nSPS) is 16.2. The van der Waals surface area contributed by atoms with Gasteiger partial charge in [-0.25, -0.2) is 8.42 Å². The molecular formula is C18H20Cl2N2O2S. The second-order valence-electron chi connectivity index (χ2n) is 5.96. The number of nitrogens with zero attached hydrogens (tertiary/aromatic N) is 2. The summed E-state index contributed by atoms with van der Waals surface area (Å²) in [5.74, 6) is 0. The van der Waals surface area contributed by atoms with Crippen LogP contribution >= 0.6 is 23.2 Å². The van der Waals surface area contributed by atoms with Crippen molar-refractivity contribution in [1.29, 1.82) is 0 Å². The van der Waals surface area contributed by atoms with E-state index in [-0.39, 0.29) is 0 Å². The molecule has 0 aromatic heterocycles. The van der Waals surface area contributed by atoms with Gasteiger partial charge in [0.05, 0.1) is 20.6 Å². The molecule has 4 nitrogen and oxygen atoms in total. The van der Waals surface area contributed by atoms with E-state index in [0.29, 0.717) is 41.1 Å². The van der Waals surface area contributed by atoms with Gasteiger partial charge in [-0.05, 0) is 36.2 Å². The summed E-state index contributed by atoms with van der Waals surface area (Å²) >= 11 is 12.5. The molecule has 2 aromatic carbocycles. The molecule has 3 rings (SSSR count). The maximum Gasteiger partial charge on any atom is 0.243 e. The summed E-state index contributed by atoms with van der Waals surface area (Å²) in [6.07, 6.45) is 0.887. The van der Waals surface area contributed by atoms with Crippen molar-refractivity contribution >= 4 is 38.9 Å². The first-order valence-corrected chi connectivity index (χ1v) is 10.4. The van der Waals surface area contributed by atoms with Crippen molar-refractivity contribution in [3.05, 3.63) is 58.1 Å². The van der Waals surface area contributed by atoms with Crippen LogP contribution in [0.2, 0.25) is 10.0 Å². The molecule has 0 amide bonds. The minimum Gasteiger partial charge on any atom is -0.366 e. The van der Waals surface area contributed by atoms with Crippen LogP contribution in [0.15, 0.2) is 47.4 Å². The van der Waals surface area contributed by atoms with Crippen LogP contribution in [0.5, 0.6) is 0 Å². The first kappa shape index (κ1) is 18.5. The Labute approximate surface area is 159 Å². The van der Waals surface area contributed by atoms with E-state index >= 15 is 0 Å². The summed E-state index contributed by atoms with van der Waals surface area (Å²) in [5, 5.41) is 1.16. The molecule has 0 bridgehead atoms. The Kier molecular flexibility index (Phi) is 5.58. The molecule has 0 aliphatic carbocycles. The van der Waals surface area contributed by atoms with Crippen molar-refractivity contribution in [3.8, 4) is 0 Å². The van der Waals surface area contributed by atoms with Gasteiger partial charge in [0.2, 0.25) is 10.0 Å². The lowest BCUT2D eigenvalue weighted by Gasteiger charge is -2.36. The van der Waals surface area contributed by atoms with Crippen LogP contribution in [0, 0.1) is 0 Å². The Morgan fingerprint density at radius 1 is 0.920 bits per heavy atom. The summed E-state index contributed by atoms with van der Waals surface area (Å²) in [5.41, 5.74) is 1.90. The monoisotopic (exact) mass is 398 g/mol. The fraction of sp³-hybridized carbons (Fsp3) is 0.333. The number of halogens is 2. The zero-order valence-electron chi connectivity index (χ0n) is 14.0. The van der Waals surface area contributed by atoms with Crippen LogP contribution < -0.4 is 4.90 Å². The Balaban J connectivity index is 1.75. The van der Waals surface area contributed by atoms with Gasteiger partial charge in [-0.2, -0.15) is 4.31 Å². The largest absolute Gasteiger partial charge is 0.366 e. The molecular weight excluding hydrogens is 379 g/mol. The molecule has 134 valence electrons. The summed E-state index contributed by atoms with van der Waals surface area (Å²) in [6.45, 7) is 3.95. The predicted octanol–water partition coefficient (Wildman–Crippen LogP) is 4.07. The maximum absolute atomic E-state index is 12.8. The molecule has 1 heterocycles. The minimum atomic E-state index is -3.47. The summed E-state index contributed by atoms with van der Waals surface area (Å²) in [4.78, 5) is 2.38. The Bertz CT molecular complexity index is 826. The van der Waals surface area contributed by atoms with Crippen molar-refractivity contribution in [3.63, 3.8) is 0 Å².